The van der Waals surface area contributed by atoms with Gasteiger partial charge in [0.25, 0.3) is 0 Å². The minimum absolute atomic E-state index is 0.0969. The normalized spacial score (nSPS) is 16.8. The monoisotopic (exact) mass is 419 g/mol. The first-order chi connectivity index (χ1) is 13.0. The molecule has 0 amide bonds. The van der Waals surface area contributed by atoms with Crippen molar-refractivity contribution >= 4 is 38.1 Å². The molecule has 2 aromatic carbocycles. The zero-order valence-electron chi connectivity index (χ0n) is 14.0. The van der Waals surface area contributed by atoms with Crippen LogP contribution in [0.25, 0.3) is 11.1 Å². The molecule has 0 saturated heterocycles. The quantitative estimate of drug-likeness (QED) is 0.657. The van der Waals surface area contributed by atoms with E-state index in [0.29, 0.717) is 22.2 Å². The van der Waals surface area contributed by atoms with Gasteiger partial charge in [-0.05, 0) is 35.4 Å². The van der Waals surface area contributed by atoms with Gasteiger partial charge in [0.1, 0.15) is 0 Å². The molecular formula is C19H15Cl2N3O2S. The maximum absolute atomic E-state index is 13.4. The standard InChI is InChI=1S/C19H15Cl2N3O2S/c20-14-5-1-12(2-6-14)16-9-22-11-18(16)27(25,26)19-17(10-23-24-19)13-3-7-15(21)8-4-13/h1-9,11,17,22-23H,10H2. The first-order valence-corrected chi connectivity index (χ1v) is 10.4. The highest BCUT2D eigenvalue weighted by atomic mass is 35.5. The number of hydrogen-bond acceptors (Lipinski definition) is 4. The first kappa shape index (κ1) is 18.1. The predicted octanol–water partition coefficient (Wildman–Crippen LogP) is 4.46. The van der Waals surface area contributed by atoms with Crippen molar-refractivity contribution in [3.63, 3.8) is 0 Å². The molecule has 1 aliphatic heterocycles. The average molecular weight is 420 g/mol. The van der Waals surface area contributed by atoms with E-state index in [1.165, 1.54) is 6.20 Å². The Hall–Kier alpha value is -2.28. The summed E-state index contributed by atoms with van der Waals surface area (Å²) in [5.41, 5.74) is 5.00. The number of hydrogen-bond donors (Lipinski definition) is 2. The Bertz CT molecular complexity index is 1100. The first-order valence-electron chi connectivity index (χ1n) is 8.20. The van der Waals surface area contributed by atoms with Crippen molar-refractivity contribution in [2.75, 3.05) is 6.54 Å². The van der Waals surface area contributed by atoms with Crippen molar-refractivity contribution in [1.82, 2.24) is 10.4 Å². The lowest BCUT2D eigenvalue weighted by molar-refractivity contribution is 0.606. The van der Waals surface area contributed by atoms with Gasteiger partial charge in [-0.1, -0.05) is 47.5 Å². The third kappa shape index (κ3) is 3.36. The molecule has 0 spiro atoms. The molecule has 0 saturated carbocycles. The molecule has 0 fully saturated rings. The highest BCUT2D eigenvalue weighted by molar-refractivity contribution is 8.06. The third-order valence-electron chi connectivity index (χ3n) is 4.48. The van der Waals surface area contributed by atoms with Crippen molar-refractivity contribution in [3.05, 3.63) is 76.5 Å². The van der Waals surface area contributed by atoms with Crippen LogP contribution in [0.4, 0.5) is 0 Å². The summed E-state index contributed by atoms with van der Waals surface area (Å²) in [6.07, 6.45) is 3.15. The minimum atomic E-state index is -3.80. The molecule has 8 heteroatoms. The molecule has 27 heavy (non-hydrogen) atoms. The number of H-pyrrole nitrogens is 1. The maximum Gasteiger partial charge on any atom is 0.224 e. The largest absolute Gasteiger partial charge is 0.366 e. The number of aromatic nitrogens is 1. The lowest BCUT2D eigenvalue weighted by Gasteiger charge is -2.13. The number of aromatic amines is 1. The number of rotatable bonds is 3. The van der Waals surface area contributed by atoms with E-state index in [4.69, 9.17) is 23.2 Å². The second-order valence-electron chi connectivity index (χ2n) is 6.16. The zero-order chi connectivity index (χ0) is 19.0. The molecule has 0 radical (unpaired) electrons. The predicted molar refractivity (Wildman–Crippen MR) is 108 cm³/mol. The number of nitrogens with one attached hydrogen (secondary N) is 2. The fourth-order valence-corrected chi connectivity index (χ4v) is 5.07. The van der Waals surface area contributed by atoms with Gasteiger partial charge >= 0.3 is 0 Å². The molecule has 1 unspecified atom stereocenters. The summed E-state index contributed by atoms with van der Waals surface area (Å²) in [7, 11) is -3.80. The van der Waals surface area contributed by atoms with Crippen LogP contribution in [0, 0.1) is 0 Å². The van der Waals surface area contributed by atoms with Crippen LogP contribution < -0.4 is 5.43 Å². The van der Waals surface area contributed by atoms with Crippen molar-refractivity contribution < 1.29 is 8.42 Å². The molecule has 5 nitrogen and oxygen atoms in total. The van der Waals surface area contributed by atoms with E-state index < -0.39 is 9.84 Å². The Morgan fingerprint density at radius 3 is 2.22 bits per heavy atom. The van der Waals surface area contributed by atoms with Gasteiger partial charge in [-0.2, -0.15) is 5.10 Å². The van der Waals surface area contributed by atoms with Gasteiger partial charge in [-0.3, -0.25) is 0 Å². The number of benzene rings is 2. The van der Waals surface area contributed by atoms with Crippen LogP contribution in [0.1, 0.15) is 11.5 Å². The maximum atomic E-state index is 13.4. The second-order valence-corrected chi connectivity index (χ2v) is 8.90. The molecule has 4 rings (SSSR count). The van der Waals surface area contributed by atoms with Gasteiger partial charge in [0.05, 0.1) is 10.8 Å². The van der Waals surface area contributed by atoms with Crippen molar-refractivity contribution in [1.29, 1.82) is 0 Å². The number of halogens is 2. The van der Waals surface area contributed by atoms with Gasteiger partial charge < -0.3 is 10.4 Å². The van der Waals surface area contributed by atoms with E-state index in [9.17, 15) is 8.42 Å². The summed E-state index contributed by atoms with van der Waals surface area (Å²) >= 11 is 11.9. The molecule has 2 N–H and O–H groups in total. The summed E-state index contributed by atoms with van der Waals surface area (Å²) in [5, 5.41) is 5.39. The van der Waals surface area contributed by atoms with Crippen LogP contribution in [-0.2, 0) is 9.84 Å². The Balaban J connectivity index is 1.75. The summed E-state index contributed by atoms with van der Waals surface area (Å²) in [5.74, 6) is -0.375. The van der Waals surface area contributed by atoms with Crippen LogP contribution in [-0.4, -0.2) is 25.0 Å². The van der Waals surface area contributed by atoms with Crippen LogP contribution in [0.3, 0.4) is 0 Å². The number of hydrazone groups is 1. The Morgan fingerprint density at radius 2 is 1.56 bits per heavy atom. The molecule has 138 valence electrons. The van der Waals surface area contributed by atoms with Gasteiger partial charge in [0, 0.05) is 34.5 Å². The van der Waals surface area contributed by atoms with Crippen molar-refractivity contribution in [3.8, 4) is 11.1 Å². The Labute approximate surface area is 166 Å². The van der Waals surface area contributed by atoms with E-state index >= 15 is 0 Å². The summed E-state index contributed by atoms with van der Waals surface area (Å²) < 4.78 is 26.7. The van der Waals surface area contributed by atoms with E-state index in [0.717, 1.165) is 11.1 Å². The van der Waals surface area contributed by atoms with Crippen LogP contribution in [0.5, 0.6) is 0 Å². The molecule has 1 atom stereocenters. The summed E-state index contributed by atoms with van der Waals surface area (Å²) in [6.45, 7) is 0.414. The van der Waals surface area contributed by atoms with Gasteiger partial charge in [0.15, 0.2) is 5.04 Å². The summed E-state index contributed by atoms with van der Waals surface area (Å²) in [4.78, 5) is 3.08. The van der Waals surface area contributed by atoms with E-state index in [-0.39, 0.29) is 15.9 Å². The average Bonchev–Trinajstić information content (AvgIpc) is 3.33. The van der Waals surface area contributed by atoms with E-state index in [1.807, 2.05) is 12.1 Å². The summed E-state index contributed by atoms with van der Waals surface area (Å²) in [6, 6.07) is 14.2. The molecule has 1 aliphatic rings. The Kier molecular flexibility index (Phi) is 4.72. The highest BCUT2D eigenvalue weighted by Crippen LogP contribution is 2.33. The van der Waals surface area contributed by atoms with Crippen LogP contribution >= 0.6 is 23.2 Å². The molecule has 3 aromatic rings. The van der Waals surface area contributed by atoms with Gasteiger partial charge in [0.2, 0.25) is 9.84 Å². The van der Waals surface area contributed by atoms with E-state index in [2.05, 4.69) is 15.5 Å². The highest BCUT2D eigenvalue weighted by Gasteiger charge is 2.36. The fourth-order valence-electron chi connectivity index (χ4n) is 3.12. The van der Waals surface area contributed by atoms with Crippen molar-refractivity contribution in [2.45, 2.75) is 10.8 Å². The minimum Gasteiger partial charge on any atom is -0.366 e. The van der Waals surface area contributed by atoms with Gasteiger partial charge in [-0.25, -0.2) is 8.42 Å². The molecule has 0 aliphatic carbocycles. The lowest BCUT2D eigenvalue weighted by atomic mass is 10.0. The second kappa shape index (κ2) is 7.03. The zero-order valence-corrected chi connectivity index (χ0v) is 16.3. The lowest BCUT2D eigenvalue weighted by Crippen LogP contribution is -2.22. The van der Waals surface area contributed by atoms with E-state index in [1.54, 1.807) is 42.6 Å². The van der Waals surface area contributed by atoms with Gasteiger partial charge in [-0.15, -0.1) is 0 Å². The smallest absolute Gasteiger partial charge is 0.224 e. The number of nitrogens with zero attached hydrogens (tertiary/aromatic N) is 1. The fraction of sp³-hybridized carbons (Fsp3) is 0.105. The molecule has 1 aromatic heterocycles. The van der Waals surface area contributed by atoms with Crippen molar-refractivity contribution in [2.24, 2.45) is 5.10 Å². The Morgan fingerprint density at radius 1 is 0.926 bits per heavy atom. The molecular weight excluding hydrogens is 405 g/mol. The third-order valence-corrected chi connectivity index (χ3v) is 6.83. The SMILES string of the molecule is O=S(=O)(C1=NNCC1c1ccc(Cl)cc1)c1c[nH]cc1-c1ccc(Cl)cc1. The van der Waals surface area contributed by atoms with Crippen LogP contribution in [0.2, 0.25) is 10.0 Å². The topological polar surface area (TPSA) is 74.3 Å². The molecule has 0 bridgehead atoms. The molecule has 2 heterocycles. The van der Waals surface area contributed by atoms with Crippen LogP contribution in [0.15, 0.2) is 70.9 Å². The number of sulfone groups is 1.